The second-order valence-corrected chi connectivity index (χ2v) is 6.41. The largest absolute Gasteiger partial charge is 0.348 e. The van der Waals surface area contributed by atoms with Gasteiger partial charge in [-0.25, -0.2) is 0 Å². The first-order valence-corrected chi connectivity index (χ1v) is 8.74. The van der Waals surface area contributed by atoms with Crippen molar-refractivity contribution in [3.63, 3.8) is 0 Å². The predicted molar refractivity (Wildman–Crippen MR) is 92.5 cm³/mol. The van der Waals surface area contributed by atoms with E-state index in [1.807, 2.05) is 24.3 Å². The Hall–Kier alpha value is -1.88. The number of nitrogens with zero attached hydrogens (tertiary/aromatic N) is 2. The number of rotatable bonds is 5. The maximum absolute atomic E-state index is 12.5. The number of para-hydroxylation sites is 1. The molecule has 23 heavy (non-hydrogen) atoms. The van der Waals surface area contributed by atoms with Crippen LogP contribution >= 0.6 is 0 Å². The number of hydrogen-bond donors (Lipinski definition) is 2. The van der Waals surface area contributed by atoms with Crippen LogP contribution < -0.4 is 5.32 Å². The molecule has 1 atom stereocenters. The Morgan fingerprint density at radius 1 is 1.35 bits per heavy atom. The Morgan fingerprint density at radius 3 is 3.09 bits per heavy atom. The monoisotopic (exact) mass is 314 g/mol. The van der Waals surface area contributed by atoms with E-state index >= 15 is 0 Å². The zero-order valence-corrected chi connectivity index (χ0v) is 13.8. The number of fused-ring (bicyclic) bond motifs is 1. The summed E-state index contributed by atoms with van der Waals surface area (Å²) < 4.78 is 0. The number of likely N-dealkylation sites (tertiary alicyclic amines) is 1. The summed E-state index contributed by atoms with van der Waals surface area (Å²) in [6, 6.07) is 8.01. The summed E-state index contributed by atoms with van der Waals surface area (Å²) in [4.78, 5) is 15.1. The highest BCUT2D eigenvalue weighted by Crippen LogP contribution is 2.17. The summed E-state index contributed by atoms with van der Waals surface area (Å²) >= 11 is 0. The number of amides is 1. The first-order chi connectivity index (χ1) is 11.3. The van der Waals surface area contributed by atoms with Gasteiger partial charge < -0.3 is 10.2 Å². The van der Waals surface area contributed by atoms with Gasteiger partial charge in [-0.3, -0.25) is 9.89 Å². The Kier molecular flexibility index (Phi) is 5.28. The number of hydrogen-bond acceptors (Lipinski definition) is 3. The highest BCUT2D eigenvalue weighted by molar-refractivity contribution is 6.04. The van der Waals surface area contributed by atoms with Crippen LogP contribution in [0.1, 0.15) is 49.5 Å². The molecule has 1 saturated heterocycles. The third-order valence-corrected chi connectivity index (χ3v) is 4.67. The van der Waals surface area contributed by atoms with Crippen molar-refractivity contribution in [1.82, 2.24) is 20.4 Å². The Bertz CT molecular complexity index is 651. The van der Waals surface area contributed by atoms with Gasteiger partial charge in [-0.05, 0) is 44.8 Å². The minimum absolute atomic E-state index is 0.0607. The first-order valence-electron chi connectivity index (χ1n) is 8.74. The Labute approximate surface area is 137 Å². The molecule has 5 nitrogen and oxygen atoms in total. The van der Waals surface area contributed by atoms with Crippen molar-refractivity contribution >= 4 is 16.8 Å². The topological polar surface area (TPSA) is 61.0 Å². The molecule has 3 rings (SSSR count). The Morgan fingerprint density at radius 2 is 2.22 bits per heavy atom. The second kappa shape index (κ2) is 7.59. The number of carbonyl (C=O) groups excluding carboxylic acids is 1. The smallest absolute Gasteiger partial charge is 0.272 e. The molecule has 1 amide bonds. The molecular formula is C18H26N4O. The molecule has 1 aromatic carbocycles. The van der Waals surface area contributed by atoms with Crippen LogP contribution in [0.15, 0.2) is 24.3 Å². The number of benzene rings is 1. The summed E-state index contributed by atoms with van der Waals surface area (Å²) in [5.74, 6) is -0.0607. The molecule has 1 fully saturated rings. The van der Waals surface area contributed by atoms with Crippen LogP contribution in [0.4, 0.5) is 0 Å². The molecule has 2 aromatic rings. The van der Waals surface area contributed by atoms with E-state index in [0.717, 1.165) is 43.3 Å². The van der Waals surface area contributed by atoms with Crippen LogP contribution in [0.2, 0.25) is 0 Å². The Balaban J connectivity index is 1.59. The van der Waals surface area contributed by atoms with E-state index in [1.165, 1.54) is 19.4 Å². The third-order valence-electron chi connectivity index (χ3n) is 4.67. The molecule has 0 bridgehead atoms. The maximum Gasteiger partial charge on any atom is 0.272 e. The van der Waals surface area contributed by atoms with Crippen LogP contribution in [0.5, 0.6) is 0 Å². The molecule has 1 unspecified atom stereocenters. The normalized spacial score (nSPS) is 19.6. The lowest BCUT2D eigenvalue weighted by molar-refractivity contribution is 0.0930. The van der Waals surface area contributed by atoms with E-state index in [1.54, 1.807) is 0 Å². The quantitative estimate of drug-likeness (QED) is 0.892. The summed E-state index contributed by atoms with van der Waals surface area (Å²) in [6.07, 6.45) is 5.73. The average molecular weight is 314 g/mol. The fourth-order valence-corrected chi connectivity index (χ4v) is 3.30. The van der Waals surface area contributed by atoms with Gasteiger partial charge in [0.15, 0.2) is 5.69 Å². The van der Waals surface area contributed by atoms with Gasteiger partial charge in [-0.2, -0.15) is 5.10 Å². The number of aromatic amines is 1. The molecule has 1 aromatic heterocycles. The van der Waals surface area contributed by atoms with E-state index < -0.39 is 0 Å². The molecule has 0 aliphatic carbocycles. The molecule has 2 N–H and O–H groups in total. The second-order valence-electron chi connectivity index (χ2n) is 6.41. The number of aromatic nitrogens is 2. The first kappa shape index (κ1) is 16.0. The van der Waals surface area contributed by atoms with E-state index in [4.69, 9.17) is 0 Å². The molecule has 0 radical (unpaired) electrons. The average Bonchev–Trinajstić information content (AvgIpc) is 2.88. The van der Waals surface area contributed by atoms with Gasteiger partial charge in [-0.1, -0.05) is 31.5 Å². The number of H-pyrrole nitrogens is 1. The number of nitrogens with one attached hydrogen (secondary N) is 2. The van der Waals surface area contributed by atoms with E-state index in [2.05, 4.69) is 27.3 Å². The predicted octanol–water partition coefficient (Wildman–Crippen LogP) is 2.95. The SMILES string of the molecule is CCCCN1CCCC(NC(=O)c2n[nH]c3ccccc23)CC1. The zero-order chi connectivity index (χ0) is 16.1. The molecular weight excluding hydrogens is 288 g/mol. The van der Waals surface area contributed by atoms with Gasteiger partial charge >= 0.3 is 0 Å². The van der Waals surface area contributed by atoms with E-state index in [0.29, 0.717) is 5.69 Å². The lowest BCUT2D eigenvalue weighted by Crippen LogP contribution is -2.36. The molecule has 124 valence electrons. The maximum atomic E-state index is 12.5. The van der Waals surface area contributed by atoms with E-state index in [-0.39, 0.29) is 11.9 Å². The van der Waals surface area contributed by atoms with Crippen LogP contribution in [0.25, 0.3) is 10.9 Å². The standard InChI is InChI=1S/C18H26N4O/c1-2-3-11-22-12-6-7-14(10-13-22)19-18(23)17-15-8-4-5-9-16(15)20-21-17/h4-5,8-9,14H,2-3,6-7,10-13H2,1H3,(H,19,23)(H,20,21). The van der Waals surface area contributed by atoms with Crippen LogP contribution in [0.3, 0.4) is 0 Å². The van der Waals surface area contributed by atoms with Crippen LogP contribution in [0, 0.1) is 0 Å². The van der Waals surface area contributed by atoms with Gasteiger partial charge in [-0.15, -0.1) is 0 Å². The van der Waals surface area contributed by atoms with Gasteiger partial charge in [0, 0.05) is 18.0 Å². The lowest BCUT2D eigenvalue weighted by Gasteiger charge is -2.19. The van der Waals surface area contributed by atoms with Crippen molar-refractivity contribution in [1.29, 1.82) is 0 Å². The molecule has 2 heterocycles. The third kappa shape index (κ3) is 3.91. The van der Waals surface area contributed by atoms with Crippen molar-refractivity contribution in [2.24, 2.45) is 0 Å². The van der Waals surface area contributed by atoms with Crippen molar-refractivity contribution in [2.75, 3.05) is 19.6 Å². The molecule has 1 aliphatic heterocycles. The molecule has 0 saturated carbocycles. The number of carbonyl (C=O) groups is 1. The molecule has 1 aliphatic rings. The van der Waals surface area contributed by atoms with Gasteiger partial charge in [0.25, 0.3) is 5.91 Å². The lowest BCUT2D eigenvalue weighted by atomic mass is 10.1. The fraction of sp³-hybridized carbons (Fsp3) is 0.556. The van der Waals surface area contributed by atoms with Gasteiger partial charge in [0.05, 0.1) is 5.52 Å². The van der Waals surface area contributed by atoms with Crippen LogP contribution in [-0.4, -0.2) is 46.7 Å². The van der Waals surface area contributed by atoms with Crippen molar-refractivity contribution < 1.29 is 4.79 Å². The summed E-state index contributed by atoms with van der Waals surface area (Å²) in [5.41, 5.74) is 1.41. The van der Waals surface area contributed by atoms with Gasteiger partial charge in [0.2, 0.25) is 0 Å². The summed E-state index contributed by atoms with van der Waals surface area (Å²) in [5, 5.41) is 11.2. The van der Waals surface area contributed by atoms with Crippen LogP contribution in [-0.2, 0) is 0 Å². The van der Waals surface area contributed by atoms with Crippen molar-refractivity contribution in [3.05, 3.63) is 30.0 Å². The van der Waals surface area contributed by atoms with Crippen molar-refractivity contribution in [3.8, 4) is 0 Å². The number of unbranched alkanes of at least 4 members (excludes halogenated alkanes) is 1. The van der Waals surface area contributed by atoms with Gasteiger partial charge in [0.1, 0.15) is 0 Å². The minimum Gasteiger partial charge on any atom is -0.348 e. The van der Waals surface area contributed by atoms with Crippen molar-refractivity contribution in [2.45, 2.75) is 45.1 Å². The summed E-state index contributed by atoms with van der Waals surface area (Å²) in [7, 11) is 0. The molecule has 0 spiro atoms. The fourth-order valence-electron chi connectivity index (χ4n) is 3.30. The molecule has 5 heteroatoms. The highest BCUT2D eigenvalue weighted by Gasteiger charge is 2.21. The summed E-state index contributed by atoms with van der Waals surface area (Å²) in [6.45, 7) is 5.64. The van der Waals surface area contributed by atoms with E-state index in [9.17, 15) is 4.79 Å². The highest BCUT2D eigenvalue weighted by atomic mass is 16.2. The zero-order valence-electron chi connectivity index (χ0n) is 13.8. The minimum atomic E-state index is -0.0607.